The maximum Gasteiger partial charge on any atom is 0.0950 e. The number of hydrogen-bond donors (Lipinski definition) is 1. The summed E-state index contributed by atoms with van der Waals surface area (Å²) >= 11 is 0. The Bertz CT molecular complexity index is 422. The maximum atomic E-state index is 5.19. The highest BCUT2D eigenvalue weighted by Crippen LogP contribution is 2.19. The van der Waals surface area contributed by atoms with Crippen LogP contribution < -0.4 is 5.32 Å². The lowest BCUT2D eigenvalue weighted by Gasteiger charge is -2.17. The third kappa shape index (κ3) is 3.74. The number of hydrogen-bond acceptors (Lipinski definition) is 2. The van der Waals surface area contributed by atoms with Crippen LogP contribution >= 0.6 is 0 Å². The number of aryl methyl sites for hydroxylation is 1. The molecule has 1 N–H and O–H groups in total. The van der Waals surface area contributed by atoms with E-state index < -0.39 is 0 Å². The zero-order chi connectivity index (χ0) is 12.6. The van der Waals surface area contributed by atoms with E-state index in [-0.39, 0.29) is 0 Å². The zero-order valence-electron chi connectivity index (χ0n) is 10.9. The van der Waals surface area contributed by atoms with E-state index >= 15 is 0 Å². The van der Waals surface area contributed by atoms with Crippen molar-refractivity contribution in [3.05, 3.63) is 60.1 Å². The van der Waals surface area contributed by atoms with E-state index in [9.17, 15) is 0 Å². The van der Waals surface area contributed by atoms with Crippen LogP contribution in [0.1, 0.15) is 36.9 Å². The van der Waals surface area contributed by atoms with Crippen LogP contribution in [0.25, 0.3) is 0 Å². The van der Waals surface area contributed by atoms with Gasteiger partial charge in [-0.25, -0.2) is 0 Å². The van der Waals surface area contributed by atoms with Crippen LogP contribution in [0.4, 0.5) is 0 Å². The van der Waals surface area contributed by atoms with Gasteiger partial charge in [0.15, 0.2) is 0 Å². The molecular formula is C16H21NO. The van der Waals surface area contributed by atoms with Crippen LogP contribution in [0.15, 0.2) is 53.3 Å². The number of furan rings is 1. The van der Waals surface area contributed by atoms with E-state index in [0.29, 0.717) is 6.04 Å². The van der Waals surface area contributed by atoms with Gasteiger partial charge in [-0.05, 0) is 37.4 Å². The normalized spacial score (nSPS) is 12.5. The Morgan fingerprint density at radius 1 is 1.17 bits per heavy atom. The van der Waals surface area contributed by atoms with Crippen LogP contribution in [-0.2, 0) is 6.42 Å². The van der Waals surface area contributed by atoms with Gasteiger partial charge in [-0.2, -0.15) is 0 Å². The van der Waals surface area contributed by atoms with Gasteiger partial charge in [0.25, 0.3) is 0 Å². The van der Waals surface area contributed by atoms with E-state index in [2.05, 4.69) is 48.6 Å². The fourth-order valence-electron chi connectivity index (χ4n) is 2.13. The highest BCUT2D eigenvalue weighted by atomic mass is 16.3. The minimum Gasteiger partial charge on any atom is -0.472 e. The predicted molar refractivity (Wildman–Crippen MR) is 74.5 cm³/mol. The minimum absolute atomic E-state index is 0.393. The molecule has 0 aliphatic carbocycles. The van der Waals surface area contributed by atoms with E-state index in [1.165, 1.54) is 11.1 Å². The summed E-state index contributed by atoms with van der Waals surface area (Å²) in [4.78, 5) is 0. The molecular weight excluding hydrogens is 222 g/mol. The number of benzene rings is 1. The molecule has 96 valence electrons. The predicted octanol–water partition coefficient (Wildman–Crippen LogP) is 3.95. The van der Waals surface area contributed by atoms with Crippen molar-refractivity contribution in [2.75, 3.05) is 6.54 Å². The van der Waals surface area contributed by atoms with Crippen molar-refractivity contribution >= 4 is 0 Å². The van der Waals surface area contributed by atoms with Crippen molar-refractivity contribution in [3.8, 4) is 0 Å². The minimum atomic E-state index is 0.393. The van der Waals surface area contributed by atoms with Crippen molar-refractivity contribution in [1.29, 1.82) is 0 Å². The van der Waals surface area contributed by atoms with Gasteiger partial charge in [0, 0.05) is 11.6 Å². The molecule has 2 heteroatoms. The van der Waals surface area contributed by atoms with Crippen molar-refractivity contribution in [3.63, 3.8) is 0 Å². The summed E-state index contributed by atoms with van der Waals surface area (Å²) in [5.74, 6) is 0. The Morgan fingerprint density at radius 2 is 2.00 bits per heavy atom. The van der Waals surface area contributed by atoms with E-state index in [4.69, 9.17) is 4.42 Å². The first kappa shape index (κ1) is 12.9. The summed E-state index contributed by atoms with van der Waals surface area (Å²) < 4.78 is 5.19. The lowest BCUT2D eigenvalue weighted by Crippen LogP contribution is -2.22. The largest absolute Gasteiger partial charge is 0.472 e. The van der Waals surface area contributed by atoms with Crippen molar-refractivity contribution < 1.29 is 4.42 Å². The standard InChI is InChI=1S/C16H21NO/c1-2-11-17-16(15-10-12-18-13-15)9-8-14-6-4-3-5-7-14/h3-7,10,12-13,16-17H,2,8-9,11H2,1H3. The molecule has 0 amide bonds. The van der Waals surface area contributed by atoms with Crippen molar-refractivity contribution in [1.82, 2.24) is 5.32 Å². The Morgan fingerprint density at radius 3 is 2.67 bits per heavy atom. The topological polar surface area (TPSA) is 25.2 Å². The monoisotopic (exact) mass is 243 g/mol. The van der Waals surface area contributed by atoms with Crippen LogP contribution in [0.5, 0.6) is 0 Å². The van der Waals surface area contributed by atoms with Crippen LogP contribution in [0.2, 0.25) is 0 Å². The molecule has 0 saturated heterocycles. The molecule has 1 aromatic carbocycles. The molecule has 1 atom stereocenters. The van der Waals surface area contributed by atoms with Gasteiger partial charge in [-0.15, -0.1) is 0 Å². The van der Waals surface area contributed by atoms with E-state index in [1.54, 1.807) is 6.26 Å². The summed E-state index contributed by atoms with van der Waals surface area (Å²) in [6.07, 6.45) is 6.94. The second kappa shape index (κ2) is 7.02. The molecule has 0 radical (unpaired) electrons. The Hall–Kier alpha value is -1.54. The molecule has 0 spiro atoms. The summed E-state index contributed by atoms with van der Waals surface area (Å²) in [6, 6.07) is 13.1. The first-order valence-electron chi connectivity index (χ1n) is 6.69. The summed E-state index contributed by atoms with van der Waals surface area (Å²) in [6.45, 7) is 3.24. The Kier molecular flexibility index (Phi) is 5.03. The van der Waals surface area contributed by atoms with Gasteiger partial charge >= 0.3 is 0 Å². The molecule has 1 heterocycles. The Balaban J connectivity index is 1.93. The highest BCUT2D eigenvalue weighted by molar-refractivity contribution is 5.17. The van der Waals surface area contributed by atoms with Gasteiger partial charge in [-0.3, -0.25) is 0 Å². The molecule has 0 fully saturated rings. The maximum absolute atomic E-state index is 5.19. The third-order valence-corrected chi connectivity index (χ3v) is 3.15. The van der Waals surface area contributed by atoms with Gasteiger partial charge in [0.2, 0.25) is 0 Å². The second-order valence-corrected chi connectivity index (χ2v) is 4.59. The first-order chi connectivity index (χ1) is 8.90. The van der Waals surface area contributed by atoms with Gasteiger partial charge in [-0.1, -0.05) is 37.3 Å². The fourth-order valence-corrected chi connectivity index (χ4v) is 2.13. The molecule has 1 aromatic heterocycles. The molecule has 2 rings (SSSR count). The van der Waals surface area contributed by atoms with Crippen molar-refractivity contribution in [2.24, 2.45) is 0 Å². The molecule has 2 aromatic rings. The quantitative estimate of drug-likeness (QED) is 0.796. The summed E-state index contributed by atoms with van der Waals surface area (Å²) in [7, 11) is 0. The van der Waals surface area contributed by atoms with E-state index in [0.717, 1.165) is 25.8 Å². The molecule has 0 aliphatic heterocycles. The molecule has 1 unspecified atom stereocenters. The average Bonchev–Trinajstić information content (AvgIpc) is 2.94. The number of nitrogens with one attached hydrogen (secondary N) is 1. The molecule has 0 aliphatic rings. The van der Waals surface area contributed by atoms with Crippen LogP contribution in [0, 0.1) is 0 Å². The molecule has 0 saturated carbocycles. The first-order valence-corrected chi connectivity index (χ1v) is 6.69. The summed E-state index contributed by atoms with van der Waals surface area (Å²) in [5.41, 5.74) is 2.64. The van der Waals surface area contributed by atoms with Crippen LogP contribution in [0.3, 0.4) is 0 Å². The van der Waals surface area contributed by atoms with Gasteiger partial charge in [0.05, 0.1) is 12.5 Å². The third-order valence-electron chi connectivity index (χ3n) is 3.15. The van der Waals surface area contributed by atoms with Gasteiger partial charge < -0.3 is 9.73 Å². The fraction of sp³-hybridized carbons (Fsp3) is 0.375. The van der Waals surface area contributed by atoms with Gasteiger partial charge in [0.1, 0.15) is 0 Å². The number of rotatable bonds is 7. The lowest BCUT2D eigenvalue weighted by molar-refractivity contribution is 0.488. The SMILES string of the molecule is CCCNC(CCc1ccccc1)c1ccoc1. The molecule has 2 nitrogen and oxygen atoms in total. The zero-order valence-corrected chi connectivity index (χ0v) is 10.9. The smallest absolute Gasteiger partial charge is 0.0950 e. The summed E-state index contributed by atoms with van der Waals surface area (Å²) in [5, 5.41) is 3.58. The Labute approximate surface area is 109 Å². The van der Waals surface area contributed by atoms with Crippen LogP contribution in [-0.4, -0.2) is 6.54 Å². The van der Waals surface area contributed by atoms with Crippen molar-refractivity contribution in [2.45, 2.75) is 32.2 Å². The average molecular weight is 243 g/mol. The molecule has 0 bridgehead atoms. The molecule has 18 heavy (non-hydrogen) atoms. The highest BCUT2D eigenvalue weighted by Gasteiger charge is 2.11. The van der Waals surface area contributed by atoms with E-state index in [1.807, 2.05) is 6.26 Å². The lowest BCUT2D eigenvalue weighted by atomic mass is 10.0. The second-order valence-electron chi connectivity index (χ2n) is 4.59.